The molecule has 2 aromatic carbocycles. The van der Waals surface area contributed by atoms with Crippen LogP contribution in [-0.4, -0.2) is 60.8 Å². The number of hydrogen-bond donors (Lipinski definition) is 1. The van der Waals surface area contributed by atoms with Crippen molar-refractivity contribution < 1.29 is 14.3 Å². The molecule has 34 heavy (non-hydrogen) atoms. The molecule has 2 atom stereocenters. The van der Waals surface area contributed by atoms with E-state index in [1.165, 1.54) is 45.2 Å². The highest BCUT2D eigenvalue weighted by Crippen LogP contribution is 2.35. The minimum absolute atomic E-state index is 0.219. The highest BCUT2D eigenvalue weighted by molar-refractivity contribution is 6.05. The van der Waals surface area contributed by atoms with Crippen LogP contribution in [0.5, 0.6) is 5.75 Å². The summed E-state index contributed by atoms with van der Waals surface area (Å²) < 4.78 is 11.1. The number of aromatic hydroxyl groups is 1. The van der Waals surface area contributed by atoms with Crippen molar-refractivity contribution in [3.63, 3.8) is 0 Å². The Kier molecular flexibility index (Phi) is 6.91. The van der Waals surface area contributed by atoms with E-state index in [2.05, 4.69) is 9.80 Å². The van der Waals surface area contributed by atoms with Gasteiger partial charge in [-0.05, 0) is 69.1 Å². The van der Waals surface area contributed by atoms with Crippen molar-refractivity contribution in [3.05, 3.63) is 51.9 Å². The number of phenols is 1. The normalized spacial score (nSPS) is 21.4. The molecule has 2 aliphatic heterocycles. The van der Waals surface area contributed by atoms with Crippen LogP contribution >= 0.6 is 0 Å². The number of hydrogen-bond acceptors (Lipinski definition) is 6. The van der Waals surface area contributed by atoms with Crippen molar-refractivity contribution in [1.82, 2.24) is 9.80 Å². The van der Waals surface area contributed by atoms with E-state index in [4.69, 9.17) is 9.15 Å². The number of fused-ring (bicyclic) bond motifs is 4. The molecule has 0 amide bonds. The Hall–Kier alpha value is -2.41. The molecule has 2 aliphatic rings. The minimum atomic E-state index is -0.366. The van der Waals surface area contributed by atoms with Gasteiger partial charge in [-0.2, -0.15) is 0 Å². The highest BCUT2D eigenvalue weighted by Gasteiger charge is 2.34. The molecule has 0 aliphatic carbocycles. The third kappa shape index (κ3) is 4.47. The Balaban J connectivity index is 1.48. The molecule has 1 N–H and O–H groups in total. The molecule has 0 spiro atoms. The summed E-state index contributed by atoms with van der Waals surface area (Å²) in [6, 6.07) is 10.2. The van der Waals surface area contributed by atoms with Crippen LogP contribution in [0.3, 0.4) is 0 Å². The first-order valence-electron chi connectivity index (χ1n) is 12.7. The van der Waals surface area contributed by atoms with Gasteiger partial charge in [0.1, 0.15) is 11.3 Å². The number of methoxy groups -OCH3 is 1. The predicted molar refractivity (Wildman–Crippen MR) is 135 cm³/mol. The van der Waals surface area contributed by atoms with Crippen LogP contribution < -0.4 is 5.63 Å². The van der Waals surface area contributed by atoms with E-state index in [1.807, 2.05) is 31.2 Å². The summed E-state index contributed by atoms with van der Waals surface area (Å²) in [5, 5.41) is 13.4. The summed E-state index contributed by atoms with van der Waals surface area (Å²) in [6.45, 7) is 7.44. The van der Waals surface area contributed by atoms with Gasteiger partial charge in [-0.25, -0.2) is 4.79 Å². The third-order valence-electron chi connectivity index (χ3n) is 7.92. The summed E-state index contributed by atoms with van der Waals surface area (Å²) in [7, 11) is 1.74. The van der Waals surface area contributed by atoms with Crippen LogP contribution in [-0.2, 0) is 11.3 Å². The predicted octanol–water partition coefficient (Wildman–Crippen LogP) is 4.67. The molecule has 182 valence electrons. The largest absolute Gasteiger partial charge is 0.507 e. The van der Waals surface area contributed by atoms with Crippen molar-refractivity contribution in [3.8, 4) is 5.75 Å². The molecule has 3 aromatic rings. The average Bonchev–Trinajstić information content (AvgIpc) is 2.86. The average molecular weight is 465 g/mol. The highest BCUT2D eigenvalue weighted by atomic mass is 16.5. The van der Waals surface area contributed by atoms with Gasteiger partial charge >= 0.3 is 5.63 Å². The van der Waals surface area contributed by atoms with E-state index in [1.54, 1.807) is 13.2 Å². The van der Waals surface area contributed by atoms with Crippen molar-refractivity contribution >= 4 is 21.7 Å². The SMILES string of the molecule is COCCN(Cc1cc2c(oc(=O)c3ccccc32)c(C)c1O)C[C@@H]1CCCN2CCCC[C@H]12. The maximum atomic E-state index is 12.5. The Morgan fingerprint density at radius 2 is 1.91 bits per heavy atom. The van der Waals surface area contributed by atoms with Crippen molar-refractivity contribution in [2.75, 3.05) is 39.9 Å². The standard InChI is InChI=1S/C28H36N2O4/c1-19-26(31)21(16-24-22-9-3-4-10-23(22)28(32)34-27(19)24)18-29(14-15-33-2)17-20-8-7-13-30-12-6-5-11-25(20)30/h3-4,9-10,16,20,25,31H,5-8,11-15,17-18H2,1-2H3/t20-,25+/m0/s1. The van der Waals surface area contributed by atoms with E-state index in [0.717, 1.165) is 29.4 Å². The maximum absolute atomic E-state index is 12.5. The second-order valence-corrected chi connectivity index (χ2v) is 10.1. The smallest absolute Gasteiger partial charge is 0.344 e. The van der Waals surface area contributed by atoms with E-state index in [-0.39, 0.29) is 11.4 Å². The summed E-state index contributed by atoms with van der Waals surface area (Å²) in [5.41, 5.74) is 1.60. The molecule has 5 rings (SSSR count). The molecular weight excluding hydrogens is 428 g/mol. The topological polar surface area (TPSA) is 66.1 Å². The molecule has 1 aromatic heterocycles. The third-order valence-corrected chi connectivity index (χ3v) is 7.92. The summed E-state index contributed by atoms with van der Waals surface area (Å²) >= 11 is 0. The fourth-order valence-electron chi connectivity index (χ4n) is 6.17. The summed E-state index contributed by atoms with van der Waals surface area (Å²) in [4.78, 5) is 17.6. The zero-order chi connectivity index (χ0) is 23.7. The lowest BCUT2D eigenvalue weighted by atomic mass is 9.83. The van der Waals surface area contributed by atoms with Crippen LogP contribution in [0.15, 0.2) is 39.5 Å². The first kappa shape index (κ1) is 23.3. The first-order chi connectivity index (χ1) is 16.6. The van der Waals surface area contributed by atoms with Crippen molar-refractivity contribution in [2.45, 2.75) is 51.6 Å². The molecule has 0 saturated carbocycles. The van der Waals surface area contributed by atoms with E-state index in [9.17, 15) is 9.90 Å². The molecule has 0 radical (unpaired) electrons. The van der Waals surface area contributed by atoms with Crippen LogP contribution in [0.25, 0.3) is 21.7 Å². The van der Waals surface area contributed by atoms with Crippen LogP contribution in [0.1, 0.15) is 43.2 Å². The fourth-order valence-corrected chi connectivity index (χ4v) is 6.17. The number of aryl methyl sites for hydroxylation is 1. The lowest BCUT2D eigenvalue weighted by Gasteiger charge is -2.45. The fraction of sp³-hybridized carbons (Fsp3) is 0.536. The quantitative estimate of drug-likeness (QED) is 0.405. The van der Waals surface area contributed by atoms with Gasteiger partial charge in [0.15, 0.2) is 0 Å². The first-order valence-corrected chi connectivity index (χ1v) is 12.7. The zero-order valence-corrected chi connectivity index (χ0v) is 20.4. The molecule has 0 unspecified atom stereocenters. The van der Waals surface area contributed by atoms with Gasteiger partial charge in [-0.3, -0.25) is 4.90 Å². The molecule has 6 heteroatoms. The molecule has 2 saturated heterocycles. The zero-order valence-electron chi connectivity index (χ0n) is 20.4. The van der Waals surface area contributed by atoms with Crippen LogP contribution in [0.2, 0.25) is 0 Å². The van der Waals surface area contributed by atoms with Gasteiger partial charge in [0.2, 0.25) is 0 Å². The van der Waals surface area contributed by atoms with Crippen molar-refractivity contribution in [1.29, 1.82) is 0 Å². The van der Waals surface area contributed by atoms with Gasteiger partial charge < -0.3 is 19.2 Å². The van der Waals surface area contributed by atoms with Gasteiger partial charge in [-0.1, -0.05) is 24.6 Å². The van der Waals surface area contributed by atoms with Crippen molar-refractivity contribution in [2.24, 2.45) is 5.92 Å². The Labute approximate surface area is 201 Å². The number of nitrogens with zero attached hydrogens (tertiary/aromatic N) is 2. The molecule has 2 fully saturated rings. The van der Waals surface area contributed by atoms with Gasteiger partial charge in [0.25, 0.3) is 0 Å². The van der Waals surface area contributed by atoms with Gasteiger partial charge in [0, 0.05) is 49.3 Å². The second kappa shape index (κ2) is 10.1. The van der Waals surface area contributed by atoms with E-state index in [0.29, 0.717) is 41.6 Å². The number of benzene rings is 2. The lowest BCUT2D eigenvalue weighted by molar-refractivity contribution is 0.0335. The van der Waals surface area contributed by atoms with E-state index < -0.39 is 0 Å². The Bertz CT molecular complexity index is 1220. The summed E-state index contributed by atoms with van der Waals surface area (Å²) in [6.07, 6.45) is 6.49. The number of phenolic OH excluding ortho intramolecular Hbond substituents is 1. The second-order valence-electron chi connectivity index (χ2n) is 10.1. The Morgan fingerprint density at radius 1 is 1.12 bits per heavy atom. The number of rotatable bonds is 7. The lowest BCUT2D eigenvalue weighted by Crippen LogP contribution is -2.51. The maximum Gasteiger partial charge on any atom is 0.344 e. The molecule has 3 heterocycles. The molecule has 0 bridgehead atoms. The Morgan fingerprint density at radius 3 is 2.74 bits per heavy atom. The summed E-state index contributed by atoms with van der Waals surface area (Å²) in [5.74, 6) is 0.865. The molecular formula is C28H36N2O4. The van der Waals surface area contributed by atoms with E-state index >= 15 is 0 Å². The number of piperidine rings is 2. The molecule has 6 nitrogen and oxygen atoms in total. The number of ether oxygens (including phenoxy) is 1. The van der Waals surface area contributed by atoms with Crippen LogP contribution in [0.4, 0.5) is 0 Å². The monoisotopic (exact) mass is 464 g/mol. The van der Waals surface area contributed by atoms with Crippen LogP contribution in [0, 0.1) is 12.8 Å². The minimum Gasteiger partial charge on any atom is -0.507 e. The van der Waals surface area contributed by atoms with Gasteiger partial charge in [-0.15, -0.1) is 0 Å². The van der Waals surface area contributed by atoms with Gasteiger partial charge in [0.05, 0.1) is 12.0 Å².